The van der Waals surface area contributed by atoms with Crippen LogP contribution in [0, 0.1) is 0 Å². The zero-order valence-corrected chi connectivity index (χ0v) is 12.5. The highest BCUT2D eigenvalue weighted by Crippen LogP contribution is 2.40. The van der Waals surface area contributed by atoms with E-state index >= 15 is 0 Å². The minimum atomic E-state index is -0.850. The molecule has 0 amide bonds. The summed E-state index contributed by atoms with van der Waals surface area (Å²) in [5.74, 6) is 0.812. The molecule has 0 aliphatic heterocycles. The van der Waals surface area contributed by atoms with Crippen LogP contribution in [0.3, 0.4) is 0 Å². The molecule has 0 aliphatic carbocycles. The molecule has 1 unspecified atom stereocenters. The highest BCUT2D eigenvalue weighted by atomic mass is 16.5. The first-order chi connectivity index (χ1) is 9.42. The fourth-order valence-corrected chi connectivity index (χ4v) is 2.28. The molecular formula is C15H23NO4. The molecule has 5 nitrogen and oxygen atoms in total. The van der Waals surface area contributed by atoms with Crippen molar-refractivity contribution in [3.63, 3.8) is 0 Å². The van der Waals surface area contributed by atoms with Crippen LogP contribution >= 0.6 is 0 Å². The normalized spacial score (nSPS) is 12.3. The van der Waals surface area contributed by atoms with Crippen molar-refractivity contribution >= 4 is 5.97 Å². The van der Waals surface area contributed by atoms with Gasteiger partial charge in [-0.2, -0.15) is 0 Å². The maximum Gasteiger partial charge on any atom is 0.303 e. The van der Waals surface area contributed by atoms with Crippen LogP contribution in [0.1, 0.15) is 49.8 Å². The Morgan fingerprint density at radius 1 is 1.30 bits per heavy atom. The molecule has 0 fully saturated rings. The fourth-order valence-electron chi connectivity index (χ4n) is 2.28. The van der Waals surface area contributed by atoms with E-state index in [-0.39, 0.29) is 18.4 Å². The zero-order valence-electron chi connectivity index (χ0n) is 12.5. The summed E-state index contributed by atoms with van der Waals surface area (Å²) < 4.78 is 10.9. The van der Waals surface area contributed by atoms with Crippen LogP contribution in [0.15, 0.2) is 12.1 Å². The van der Waals surface area contributed by atoms with E-state index < -0.39 is 5.97 Å². The first-order valence-electron chi connectivity index (χ1n) is 6.64. The van der Waals surface area contributed by atoms with E-state index in [9.17, 15) is 4.79 Å². The van der Waals surface area contributed by atoms with Crippen molar-refractivity contribution in [3.05, 3.63) is 23.3 Å². The van der Waals surface area contributed by atoms with E-state index in [2.05, 4.69) is 0 Å². The van der Waals surface area contributed by atoms with E-state index in [0.717, 1.165) is 16.9 Å². The zero-order chi connectivity index (χ0) is 15.3. The number of aliphatic carboxylic acids is 1. The molecule has 112 valence electrons. The van der Waals surface area contributed by atoms with Crippen LogP contribution < -0.4 is 15.2 Å². The number of methoxy groups -OCH3 is 2. The van der Waals surface area contributed by atoms with Crippen molar-refractivity contribution in [2.45, 2.75) is 38.6 Å². The minimum Gasteiger partial charge on any atom is -0.496 e. The predicted molar refractivity (Wildman–Crippen MR) is 77.4 cm³/mol. The largest absolute Gasteiger partial charge is 0.496 e. The van der Waals surface area contributed by atoms with Gasteiger partial charge in [0.25, 0.3) is 0 Å². The van der Waals surface area contributed by atoms with Gasteiger partial charge in [-0.05, 0) is 18.4 Å². The average Bonchev–Trinajstić information content (AvgIpc) is 2.42. The lowest BCUT2D eigenvalue weighted by Gasteiger charge is -2.22. The van der Waals surface area contributed by atoms with Gasteiger partial charge in [0.2, 0.25) is 0 Å². The van der Waals surface area contributed by atoms with Crippen LogP contribution in [-0.4, -0.2) is 25.3 Å². The molecule has 20 heavy (non-hydrogen) atoms. The number of hydrogen-bond donors (Lipinski definition) is 2. The van der Waals surface area contributed by atoms with Crippen molar-refractivity contribution in [2.75, 3.05) is 14.2 Å². The molecule has 5 heteroatoms. The molecule has 0 heterocycles. The summed E-state index contributed by atoms with van der Waals surface area (Å²) in [5, 5.41) is 8.75. The number of rotatable bonds is 7. The minimum absolute atomic E-state index is 0.0351. The average molecular weight is 281 g/mol. The van der Waals surface area contributed by atoms with Gasteiger partial charge in [0.05, 0.1) is 14.2 Å². The Balaban J connectivity index is 3.20. The second-order valence-electron chi connectivity index (χ2n) is 5.00. The SMILES string of the molecule is COc1ccc(C(N)CCC(=O)O)c(OC)c1C(C)C. The predicted octanol–water partition coefficient (Wildman–Crippen LogP) is 2.69. The Labute approximate surface area is 119 Å². The smallest absolute Gasteiger partial charge is 0.303 e. The Kier molecular flexibility index (Phi) is 5.82. The van der Waals surface area contributed by atoms with Gasteiger partial charge in [-0.1, -0.05) is 19.9 Å². The van der Waals surface area contributed by atoms with Crippen molar-refractivity contribution in [1.29, 1.82) is 0 Å². The molecule has 1 atom stereocenters. The lowest BCUT2D eigenvalue weighted by atomic mass is 9.93. The molecule has 1 aromatic carbocycles. The lowest BCUT2D eigenvalue weighted by Crippen LogP contribution is -2.15. The van der Waals surface area contributed by atoms with E-state index in [1.807, 2.05) is 26.0 Å². The van der Waals surface area contributed by atoms with E-state index in [1.54, 1.807) is 14.2 Å². The molecule has 0 radical (unpaired) electrons. The van der Waals surface area contributed by atoms with Crippen LogP contribution in [-0.2, 0) is 4.79 Å². The van der Waals surface area contributed by atoms with Gasteiger partial charge in [0.1, 0.15) is 11.5 Å². The number of benzene rings is 1. The number of carboxylic acid groups (broad SMARTS) is 1. The quantitative estimate of drug-likeness (QED) is 0.803. The number of carboxylic acids is 1. The summed E-state index contributed by atoms with van der Waals surface area (Å²) in [6.45, 7) is 4.10. The van der Waals surface area contributed by atoms with Gasteiger partial charge in [-0.3, -0.25) is 4.79 Å². The number of nitrogens with two attached hydrogens (primary N) is 1. The number of carbonyl (C=O) groups is 1. The number of hydrogen-bond acceptors (Lipinski definition) is 4. The lowest BCUT2D eigenvalue weighted by molar-refractivity contribution is -0.137. The Morgan fingerprint density at radius 3 is 2.40 bits per heavy atom. The summed E-state index contributed by atoms with van der Waals surface area (Å²) in [5.41, 5.74) is 7.87. The van der Waals surface area contributed by atoms with Crippen molar-refractivity contribution in [1.82, 2.24) is 0 Å². The third-order valence-electron chi connectivity index (χ3n) is 3.26. The molecular weight excluding hydrogens is 258 g/mol. The second-order valence-corrected chi connectivity index (χ2v) is 5.00. The maximum atomic E-state index is 10.7. The Bertz CT molecular complexity index is 471. The van der Waals surface area contributed by atoms with Gasteiger partial charge >= 0.3 is 5.97 Å². The standard InChI is InChI=1S/C15H23NO4/c1-9(2)14-12(19-3)7-5-10(15(14)20-4)11(16)6-8-13(17)18/h5,7,9,11H,6,8,16H2,1-4H3,(H,17,18). The van der Waals surface area contributed by atoms with Crippen LogP contribution in [0.25, 0.3) is 0 Å². The highest BCUT2D eigenvalue weighted by molar-refractivity contribution is 5.66. The molecule has 1 aromatic rings. The summed E-state index contributed by atoms with van der Waals surface area (Å²) >= 11 is 0. The Hall–Kier alpha value is -1.75. The van der Waals surface area contributed by atoms with Gasteiger partial charge < -0.3 is 20.3 Å². The van der Waals surface area contributed by atoms with Gasteiger partial charge in [-0.25, -0.2) is 0 Å². The van der Waals surface area contributed by atoms with E-state index in [1.165, 1.54) is 0 Å². The van der Waals surface area contributed by atoms with E-state index in [0.29, 0.717) is 12.2 Å². The fraction of sp³-hybridized carbons (Fsp3) is 0.533. The summed E-state index contributed by atoms with van der Waals surface area (Å²) in [6.07, 6.45) is 0.406. The van der Waals surface area contributed by atoms with Gasteiger partial charge in [0.15, 0.2) is 0 Å². The van der Waals surface area contributed by atoms with Crippen molar-refractivity contribution < 1.29 is 19.4 Å². The summed E-state index contributed by atoms with van der Waals surface area (Å²) in [7, 11) is 3.21. The molecule has 3 N–H and O–H groups in total. The second kappa shape index (κ2) is 7.14. The van der Waals surface area contributed by atoms with Crippen molar-refractivity contribution in [2.24, 2.45) is 5.73 Å². The molecule has 0 aromatic heterocycles. The summed E-state index contributed by atoms with van der Waals surface area (Å²) in [4.78, 5) is 10.7. The molecule has 0 spiro atoms. The van der Waals surface area contributed by atoms with Crippen molar-refractivity contribution in [3.8, 4) is 11.5 Å². The van der Waals surface area contributed by atoms with Crippen LogP contribution in [0.4, 0.5) is 0 Å². The first kappa shape index (κ1) is 16.3. The maximum absolute atomic E-state index is 10.7. The van der Waals surface area contributed by atoms with Crippen LogP contribution in [0.2, 0.25) is 0 Å². The third-order valence-corrected chi connectivity index (χ3v) is 3.26. The Morgan fingerprint density at radius 2 is 1.95 bits per heavy atom. The van der Waals surface area contributed by atoms with Gasteiger partial charge in [-0.15, -0.1) is 0 Å². The monoisotopic (exact) mass is 281 g/mol. The molecule has 0 saturated heterocycles. The summed E-state index contributed by atoms with van der Waals surface area (Å²) in [6, 6.07) is 3.33. The van der Waals surface area contributed by atoms with Gasteiger partial charge in [0, 0.05) is 23.6 Å². The highest BCUT2D eigenvalue weighted by Gasteiger charge is 2.21. The topological polar surface area (TPSA) is 81.8 Å². The molecule has 0 aliphatic rings. The molecule has 0 bridgehead atoms. The first-order valence-corrected chi connectivity index (χ1v) is 6.64. The van der Waals surface area contributed by atoms with E-state index in [4.69, 9.17) is 20.3 Å². The van der Waals surface area contributed by atoms with Crippen LogP contribution in [0.5, 0.6) is 11.5 Å². The third kappa shape index (κ3) is 3.63. The molecule has 0 saturated carbocycles. The molecule has 1 rings (SSSR count). The number of ether oxygens (including phenoxy) is 2.